The smallest absolute Gasteiger partial charge is 0.312 e. The minimum atomic E-state index is -0.255. The fourth-order valence-corrected chi connectivity index (χ4v) is 2.82. The second kappa shape index (κ2) is 6.71. The largest absolute Gasteiger partial charge is 0.460 e. The van der Waals surface area contributed by atoms with Gasteiger partial charge in [0.25, 0.3) is 0 Å². The van der Waals surface area contributed by atoms with Gasteiger partial charge in [0, 0.05) is 0 Å². The standard InChI is InChI=1S/C16H23NO2/c1-2-8-16(9-11-17-12-10-16)15(18)19-13-14-6-4-3-5-7-14/h3-7,17H,2,8-13H2,1H3. The first-order chi connectivity index (χ1) is 9.27. The van der Waals surface area contributed by atoms with Crippen LogP contribution in [0.4, 0.5) is 0 Å². The van der Waals surface area contributed by atoms with Crippen LogP contribution in [-0.4, -0.2) is 19.1 Å². The van der Waals surface area contributed by atoms with Gasteiger partial charge in [-0.05, 0) is 37.9 Å². The second-order valence-corrected chi connectivity index (χ2v) is 5.34. The Morgan fingerprint density at radius 1 is 1.26 bits per heavy atom. The molecule has 0 saturated carbocycles. The molecule has 1 N–H and O–H groups in total. The molecule has 104 valence electrons. The van der Waals surface area contributed by atoms with Gasteiger partial charge in [0.1, 0.15) is 6.61 Å². The highest BCUT2D eigenvalue weighted by atomic mass is 16.5. The van der Waals surface area contributed by atoms with E-state index in [0.29, 0.717) is 6.61 Å². The summed E-state index contributed by atoms with van der Waals surface area (Å²) in [7, 11) is 0. The number of ether oxygens (including phenoxy) is 1. The topological polar surface area (TPSA) is 38.3 Å². The van der Waals surface area contributed by atoms with Crippen molar-refractivity contribution in [1.29, 1.82) is 0 Å². The van der Waals surface area contributed by atoms with Crippen molar-refractivity contribution in [2.24, 2.45) is 5.41 Å². The lowest BCUT2D eigenvalue weighted by Crippen LogP contribution is -2.43. The zero-order valence-electron chi connectivity index (χ0n) is 11.7. The molecule has 1 aromatic rings. The molecule has 1 aliphatic heterocycles. The van der Waals surface area contributed by atoms with Crippen LogP contribution < -0.4 is 5.32 Å². The van der Waals surface area contributed by atoms with Crippen molar-refractivity contribution >= 4 is 5.97 Å². The first kappa shape index (κ1) is 14.1. The third kappa shape index (κ3) is 3.57. The van der Waals surface area contributed by atoms with Crippen molar-refractivity contribution in [1.82, 2.24) is 5.32 Å². The lowest BCUT2D eigenvalue weighted by Gasteiger charge is -2.35. The molecule has 0 radical (unpaired) electrons. The number of carbonyl (C=O) groups is 1. The first-order valence-corrected chi connectivity index (χ1v) is 7.19. The van der Waals surface area contributed by atoms with Crippen LogP contribution in [0.3, 0.4) is 0 Å². The number of nitrogens with one attached hydrogen (secondary N) is 1. The first-order valence-electron chi connectivity index (χ1n) is 7.19. The highest BCUT2D eigenvalue weighted by Crippen LogP contribution is 2.35. The maximum absolute atomic E-state index is 12.4. The Morgan fingerprint density at radius 3 is 2.58 bits per heavy atom. The van der Waals surface area contributed by atoms with Crippen LogP contribution in [0.2, 0.25) is 0 Å². The predicted molar refractivity (Wildman–Crippen MR) is 75.7 cm³/mol. The van der Waals surface area contributed by atoms with Gasteiger partial charge in [0.15, 0.2) is 0 Å². The lowest BCUT2D eigenvalue weighted by molar-refractivity contribution is -0.159. The van der Waals surface area contributed by atoms with Crippen molar-refractivity contribution in [3.8, 4) is 0 Å². The third-order valence-corrected chi connectivity index (χ3v) is 3.93. The molecule has 1 saturated heterocycles. The van der Waals surface area contributed by atoms with Gasteiger partial charge in [-0.15, -0.1) is 0 Å². The Labute approximate surface area is 115 Å². The zero-order chi connectivity index (χ0) is 13.6. The van der Waals surface area contributed by atoms with Crippen molar-refractivity contribution in [3.63, 3.8) is 0 Å². The molecule has 0 unspecified atom stereocenters. The highest BCUT2D eigenvalue weighted by molar-refractivity contribution is 5.77. The van der Waals surface area contributed by atoms with E-state index in [9.17, 15) is 4.79 Å². The Balaban J connectivity index is 1.96. The molecule has 3 nitrogen and oxygen atoms in total. The van der Waals surface area contributed by atoms with Crippen LogP contribution in [-0.2, 0) is 16.1 Å². The van der Waals surface area contributed by atoms with Crippen molar-refractivity contribution in [2.75, 3.05) is 13.1 Å². The minimum Gasteiger partial charge on any atom is -0.460 e. The molecule has 1 fully saturated rings. The van der Waals surface area contributed by atoms with E-state index in [1.54, 1.807) is 0 Å². The van der Waals surface area contributed by atoms with Crippen molar-refractivity contribution in [3.05, 3.63) is 35.9 Å². The summed E-state index contributed by atoms with van der Waals surface area (Å²) in [4.78, 5) is 12.4. The number of hydrogen-bond acceptors (Lipinski definition) is 3. The van der Waals surface area contributed by atoms with Crippen LogP contribution in [0.1, 0.15) is 38.2 Å². The molecule has 0 spiro atoms. The Morgan fingerprint density at radius 2 is 1.95 bits per heavy atom. The number of benzene rings is 1. The van der Waals surface area contributed by atoms with Crippen molar-refractivity contribution in [2.45, 2.75) is 39.2 Å². The molecule has 1 aromatic carbocycles. The number of esters is 1. The molecule has 0 atom stereocenters. The van der Waals surface area contributed by atoms with Crippen LogP contribution in [0.15, 0.2) is 30.3 Å². The number of carbonyl (C=O) groups excluding carboxylic acids is 1. The fraction of sp³-hybridized carbons (Fsp3) is 0.562. The summed E-state index contributed by atoms with van der Waals surface area (Å²) in [6.07, 6.45) is 3.76. The maximum Gasteiger partial charge on any atom is 0.312 e. The highest BCUT2D eigenvalue weighted by Gasteiger charge is 2.39. The maximum atomic E-state index is 12.4. The third-order valence-electron chi connectivity index (χ3n) is 3.93. The van der Waals surface area contributed by atoms with Crippen LogP contribution in [0, 0.1) is 5.41 Å². The number of piperidine rings is 1. The summed E-state index contributed by atoms with van der Waals surface area (Å²) < 4.78 is 5.56. The average Bonchev–Trinajstić information content (AvgIpc) is 2.47. The zero-order valence-corrected chi connectivity index (χ0v) is 11.7. The number of rotatable bonds is 5. The molecule has 2 rings (SSSR count). The molecule has 0 amide bonds. The molecule has 19 heavy (non-hydrogen) atoms. The summed E-state index contributed by atoms with van der Waals surface area (Å²) >= 11 is 0. The van der Waals surface area contributed by atoms with E-state index in [1.165, 1.54) is 0 Å². The molecule has 0 aliphatic carbocycles. The second-order valence-electron chi connectivity index (χ2n) is 5.34. The van der Waals surface area contributed by atoms with E-state index >= 15 is 0 Å². The quantitative estimate of drug-likeness (QED) is 0.828. The summed E-state index contributed by atoms with van der Waals surface area (Å²) in [5.41, 5.74) is 0.797. The molecular weight excluding hydrogens is 238 g/mol. The molecule has 0 bridgehead atoms. The summed E-state index contributed by atoms with van der Waals surface area (Å²) in [5, 5.41) is 3.32. The Hall–Kier alpha value is -1.35. The molecule has 1 heterocycles. The average molecular weight is 261 g/mol. The summed E-state index contributed by atoms with van der Waals surface area (Å²) in [5.74, 6) is -0.0142. The van der Waals surface area contributed by atoms with E-state index in [1.807, 2.05) is 30.3 Å². The minimum absolute atomic E-state index is 0.0142. The van der Waals surface area contributed by atoms with Gasteiger partial charge in [-0.25, -0.2) is 0 Å². The van der Waals surface area contributed by atoms with Crippen molar-refractivity contribution < 1.29 is 9.53 Å². The molecule has 1 aliphatic rings. The normalized spacial score (nSPS) is 17.9. The van der Waals surface area contributed by atoms with E-state index < -0.39 is 0 Å². The molecular formula is C16H23NO2. The van der Waals surface area contributed by atoms with Gasteiger partial charge >= 0.3 is 5.97 Å². The van der Waals surface area contributed by atoms with Gasteiger partial charge in [-0.2, -0.15) is 0 Å². The van der Waals surface area contributed by atoms with Crippen LogP contribution >= 0.6 is 0 Å². The van der Waals surface area contributed by atoms with E-state index in [2.05, 4.69) is 12.2 Å². The molecule has 0 aromatic heterocycles. The Bertz CT molecular complexity index is 391. The van der Waals surface area contributed by atoms with Gasteiger partial charge in [-0.1, -0.05) is 43.7 Å². The van der Waals surface area contributed by atoms with Crippen LogP contribution in [0.25, 0.3) is 0 Å². The summed E-state index contributed by atoms with van der Waals surface area (Å²) in [6.45, 7) is 4.35. The van der Waals surface area contributed by atoms with Gasteiger partial charge in [0.05, 0.1) is 5.41 Å². The van der Waals surface area contributed by atoms with Gasteiger partial charge in [-0.3, -0.25) is 4.79 Å². The van der Waals surface area contributed by atoms with Crippen LogP contribution in [0.5, 0.6) is 0 Å². The van der Waals surface area contributed by atoms with E-state index in [0.717, 1.165) is 44.3 Å². The predicted octanol–water partition coefficient (Wildman–Crippen LogP) is 2.90. The Kier molecular flexibility index (Phi) is 4.97. The van der Waals surface area contributed by atoms with E-state index in [-0.39, 0.29) is 11.4 Å². The monoisotopic (exact) mass is 261 g/mol. The summed E-state index contributed by atoms with van der Waals surface area (Å²) in [6, 6.07) is 9.88. The van der Waals surface area contributed by atoms with Gasteiger partial charge in [0.2, 0.25) is 0 Å². The van der Waals surface area contributed by atoms with E-state index in [4.69, 9.17) is 4.74 Å². The SMILES string of the molecule is CCCC1(C(=O)OCc2ccccc2)CCNCC1. The molecule has 3 heteroatoms. The fourth-order valence-electron chi connectivity index (χ4n) is 2.82. The lowest BCUT2D eigenvalue weighted by atomic mass is 9.75. The number of hydrogen-bond donors (Lipinski definition) is 1. The van der Waals surface area contributed by atoms with Gasteiger partial charge < -0.3 is 10.1 Å².